The summed E-state index contributed by atoms with van der Waals surface area (Å²) in [5, 5.41) is 19.6. The van der Waals surface area contributed by atoms with Gasteiger partial charge in [-0.25, -0.2) is 0 Å². The summed E-state index contributed by atoms with van der Waals surface area (Å²) in [4.78, 5) is 12.2. The molecule has 0 aliphatic heterocycles. The maximum Gasteiger partial charge on any atom is 0.269 e. The quantitative estimate of drug-likeness (QED) is 0.684. The number of aryl methyl sites for hydroxylation is 1. The molecule has 0 aromatic heterocycles. The Bertz CT molecular complexity index is 596. The first-order chi connectivity index (χ1) is 9.10. The standard InChI is InChI=1S/C14H13NO3S/c1-10-8-11(9-16)2-7-14(10)19-13-5-3-12(4-6-13)15(17)18/h2-8,16H,9H2,1H3. The molecule has 2 rings (SSSR count). The predicted molar refractivity (Wildman–Crippen MR) is 74.3 cm³/mol. The Kier molecular flexibility index (Phi) is 4.19. The van der Waals surface area contributed by atoms with Crippen LogP contribution in [0.5, 0.6) is 0 Å². The van der Waals surface area contributed by atoms with Crippen LogP contribution in [0, 0.1) is 17.0 Å². The second-order valence-corrected chi connectivity index (χ2v) is 5.23. The summed E-state index contributed by atoms with van der Waals surface area (Å²) in [6.07, 6.45) is 0. The second-order valence-electron chi connectivity index (χ2n) is 4.11. The number of rotatable bonds is 4. The van der Waals surface area contributed by atoms with Gasteiger partial charge in [0.25, 0.3) is 5.69 Å². The Morgan fingerprint density at radius 1 is 1.21 bits per heavy atom. The van der Waals surface area contributed by atoms with Gasteiger partial charge in [0.1, 0.15) is 0 Å². The molecule has 0 spiro atoms. The third kappa shape index (κ3) is 3.33. The van der Waals surface area contributed by atoms with Gasteiger partial charge in [0.15, 0.2) is 0 Å². The molecule has 19 heavy (non-hydrogen) atoms. The smallest absolute Gasteiger partial charge is 0.269 e. The van der Waals surface area contributed by atoms with Gasteiger partial charge in [0, 0.05) is 21.9 Å². The van der Waals surface area contributed by atoms with Crippen molar-refractivity contribution in [3.63, 3.8) is 0 Å². The summed E-state index contributed by atoms with van der Waals surface area (Å²) in [7, 11) is 0. The fraction of sp³-hybridized carbons (Fsp3) is 0.143. The summed E-state index contributed by atoms with van der Waals surface area (Å²) in [5.74, 6) is 0. The van der Waals surface area contributed by atoms with Gasteiger partial charge in [-0.15, -0.1) is 0 Å². The lowest BCUT2D eigenvalue weighted by Gasteiger charge is -2.07. The van der Waals surface area contributed by atoms with E-state index in [1.165, 1.54) is 12.1 Å². The van der Waals surface area contributed by atoms with Gasteiger partial charge in [-0.3, -0.25) is 10.1 Å². The van der Waals surface area contributed by atoms with Crippen molar-refractivity contribution in [2.45, 2.75) is 23.3 Å². The first-order valence-corrected chi connectivity index (χ1v) is 6.54. The molecule has 0 heterocycles. The molecule has 0 unspecified atom stereocenters. The zero-order valence-corrected chi connectivity index (χ0v) is 11.2. The monoisotopic (exact) mass is 275 g/mol. The number of aliphatic hydroxyl groups excluding tert-OH is 1. The third-order valence-electron chi connectivity index (χ3n) is 2.70. The molecule has 4 nitrogen and oxygen atoms in total. The number of nitro groups is 1. The molecule has 0 bridgehead atoms. The van der Waals surface area contributed by atoms with Crippen LogP contribution in [0.3, 0.4) is 0 Å². The summed E-state index contributed by atoms with van der Waals surface area (Å²) in [6.45, 7) is 2.01. The predicted octanol–water partition coefficient (Wildman–Crippen LogP) is 3.55. The van der Waals surface area contributed by atoms with Crippen molar-refractivity contribution in [2.75, 3.05) is 0 Å². The van der Waals surface area contributed by atoms with Crippen LogP contribution >= 0.6 is 11.8 Å². The van der Waals surface area contributed by atoms with Crippen molar-refractivity contribution in [1.29, 1.82) is 0 Å². The minimum Gasteiger partial charge on any atom is -0.392 e. The molecule has 0 amide bonds. The van der Waals surface area contributed by atoms with Crippen LogP contribution in [0.2, 0.25) is 0 Å². The number of hydrogen-bond donors (Lipinski definition) is 1. The Labute approximate surface area is 115 Å². The molecule has 0 fully saturated rings. The maximum atomic E-state index is 10.6. The van der Waals surface area contributed by atoms with E-state index in [0.29, 0.717) is 0 Å². The summed E-state index contributed by atoms with van der Waals surface area (Å²) in [5.41, 5.74) is 2.05. The van der Waals surface area contributed by atoms with Gasteiger partial charge < -0.3 is 5.11 Å². The van der Waals surface area contributed by atoms with Crippen LogP contribution in [-0.4, -0.2) is 10.0 Å². The van der Waals surface area contributed by atoms with Crippen LogP contribution < -0.4 is 0 Å². The van der Waals surface area contributed by atoms with Crippen molar-refractivity contribution in [1.82, 2.24) is 0 Å². The minimum atomic E-state index is -0.407. The molecular formula is C14H13NO3S. The van der Waals surface area contributed by atoms with Crippen LogP contribution in [0.15, 0.2) is 52.3 Å². The van der Waals surface area contributed by atoms with Gasteiger partial charge in [-0.05, 0) is 36.2 Å². The van der Waals surface area contributed by atoms with E-state index in [1.807, 2.05) is 25.1 Å². The Morgan fingerprint density at radius 3 is 2.42 bits per heavy atom. The fourth-order valence-corrected chi connectivity index (χ4v) is 2.57. The molecule has 5 heteroatoms. The Morgan fingerprint density at radius 2 is 1.89 bits per heavy atom. The van der Waals surface area contributed by atoms with E-state index in [9.17, 15) is 10.1 Å². The first-order valence-electron chi connectivity index (χ1n) is 5.73. The number of nitro benzene ring substituents is 1. The Hall–Kier alpha value is -1.85. The molecular weight excluding hydrogens is 262 g/mol. The summed E-state index contributed by atoms with van der Waals surface area (Å²) >= 11 is 1.55. The van der Waals surface area contributed by atoms with Crippen molar-refractivity contribution >= 4 is 17.4 Å². The van der Waals surface area contributed by atoms with Crippen molar-refractivity contribution in [3.05, 3.63) is 63.7 Å². The van der Waals surface area contributed by atoms with Crippen molar-refractivity contribution in [3.8, 4) is 0 Å². The Balaban J connectivity index is 2.19. The normalized spacial score (nSPS) is 10.4. The lowest BCUT2D eigenvalue weighted by molar-refractivity contribution is -0.384. The van der Waals surface area contributed by atoms with E-state index >= 15 is 0 Å². The summed E-state index contributed by atoms with van der Waals surface area (Å²) in [6, 6.07) is 12.2. The molecule has 2 aromatic carbocycles. The molecule has 0 atom stereocenters. The zero-order chi connectivity index (χ0) is 13.8. The van der Waals surface area contributed by atoms with E-state index in [1.54, 1.807) is 23.9 Å². The lowest BCUT2D eigenvalue weighted by atomic mass is 10.1. The topological polar surface area (TPSA) is 63.4 Å². The third-order valence-corrected chi connectivity index (χ3v) is 3.88. The maximum absolute atomic E-state index is 10.6. The van der Waals surface area contributed by atoms with Gasteiger partial charge in [0.05, 0.1) is 11.5 Å². The van der Waals surface area contributed by atoms with E-state index < -0.39 is 4.92 Å². The van der Waals surface area contributed by atoms with E-state index in [2.05, 4.69) is 0 Å². The van der Waals surface area contributed by atoms with Crippen LogP contribution in [-0.2, 0) is 6.61 Å². The van der Waals surface area contributed by atoms with Gasteiger partial charge in [0.2, 0.25) is 0 Å². The van der Waals surface area contributed by atoms with Gasteiger partial charge >= 0.3 is 0 Å². The average molecular weight is 275 g/mol. The van der Waals surface area contributed by atoms with Crippen LogP contribution in [0.25, 0.3) is 0 Å². The van der Waals surface area contributed by atoms with Crippen molar-refractivity contribution < 1.29 is 10.0 Å². The largest absolute Gasteiger partial charge is 0.392 e. The average Bonchev–Trinajstić information content (AvgIpc) is 2.41. The molecule has 0 aliphatic carbocycles. The van der Waals surface area contributed by atoms with Crippen molar-refractivity contribution in [2.24, 2.45) is 0 Å². The second kappa shape index (κ2) is 5.86. The molecule has 0 saturated carbocycles. The van der Waals surface area contributed by atoms with E-state index in [0.717, 1.165) is 20.9 Å². The van der Waals surface area contributed by atoms with Crippen LogP contribution in [0.4, 0.5) is 5.69 Å². The summed E-state index contributed by atoms with van der Waals surface area (Å²) < 4.78 is 0. The number of hydrogen-bond acceptors (Lipinski definition) is 4. The van der Waals surface area contributed by atoms with Gasteiger partial charge in [-0.2, -0.15) is 0 Å². The van der Waals surface area contributed by atoms with E-state index in [4.69, 9.17) is 5.11 Å². The van der Waals surface area contributed by atoms with Crippen LogP contribution in [0.1, 0.15) is 11.1 Å². The highest BCUT2D eigenvalue weighted by atomic mass is 32.2. The highest BCUT2D eigenvalue weighted by Crippen LogP contribution is 2.31. The molecule has 98 valence electrons. The minimum absolute atomic E-state index is 0.0311. The number of non-ortho nitro benzene ring substituents is 1. The zero-order valence-electron chi connectivity index (χ0n) is 10.4. The highest BCUT2D eigenvalue weighted by molar-refractivity contribution is 7.99. The SMILES string of the molecule is Cc1cc(CO)ccc1Sc1ccc([N+](=O)[O-])cc1. The highest BCUT2D eigenvalue weighted by Gasteiger charge is 2.06. The van der Waals surface area contributed by atoms with E-state index in [-0.39, 0.29) is 12.3 Å². The number of benzene rings is 2. The lowest BCUT2D eigenvalue weighted by Crippen LogP contribution is -1.88. The molecule has 0 saturated heterocycles. The molecule has 0 aliphatic rings. The fourth-order valence-electron chi connectivity index (χ4n) is 1.69. The number of aliphatic hydroxyl groups is 1. The molecule has 2 aromatic rings. The number of nitrogens with zero attached hydrogens (tertiary/aromatic N) is 1. The molecule has 0 radical (unpaired) electrons. The van der Waals surface area contributed by atoms with Gasteiger partial charge in [-0.1, -0.05) is 23.9 Å². The molecule has 1 N–H and O–H groups in total. The first kappa shape index (κ1) is 13.6.